The number of hydrogen-bond donors (Lipinski definition) is 0. The molecule has 0 saturated heterocycles. The van der Waals surface area contributed by atoms with Gasteiger partial charge in [0.2, 0.25) is 0 Å². The predicted molar refractivity (Wildman–Crippen MR) is 87.0 cm³/mol. The van der Waals surface area contributed by atoms with Gasteiger partial charge >= 0.3 is 0 Å². The fraction of sp³-hybridized carbons (Fsp3) is 0.294. The van der Waals surface area contributed by atoms with Crippen LogP contribution in [0.5, 0.6) is 0 Å². The Morgan fingerprint density at radius 1 is 1.14 bits per heavy atom. The summed E-state index contributed by atoms with van der Waals surface area (Å²) >= 11 is 5.94. The molecule has 0 atom stereocenters. The maximum atomic E-state index is 5.94. The van der Waals surface area contributed by atoms with Gasteiger partial charge in [-0.25, -0.2) is 4.98 Å². The molecule has 1 aromatic carbocycles. The number of pyridine rings is 1. The van der Waals surface area contributed by atoms with E-state index < -0.39 is 0 Å². The average Bonchev–Trinajstić information content (AvgIpc) is 2.81. The first kappa shape index (κ1) is 14.1. The standard InChI is InChI=1S/C17H18ClN3/c1-12-7-9-19-10-14(12)11-21-16(6-8-18)20-15-5-3-4-13(2)17(15)21/h3-5,7,9-10H,6,8,11H2,1-2H3. The van der Waals surface area contributed by atoms with Gasteiger partial charge in [-0.2, -0.15) is 0 Å². The van der Waals surface area contributed by atoms with Gasteiger partial charge in [0.05, 0.1) is 17.6 Å². The quantitative estimate of drug-likeness (QED) is 0.685. The summed E-state index contributed by atoms with van der Waals surface area (Å²) in [7, 11) is 0. The van der Waals surface area contributed by atoms with Gasteiger partial charge in [-0.05, 0) is 42.7 Å². The Morgan fingerprint density at radius 3 is 2.76 bits per heavy atom. The lowest BCUT2D eigenvalue weighted by Gasteiger charge is -2.11. The number of hydrogen-bond acceptors (Lipinski definition) is 2. The Balaban J connectivity index is 2.15. The van der Waals surface area contributed by atoms with E-state index in [0.29, 0.717) is 5.88 Å². The van der Waals surface area contributed by atoms with Crippen LogP contribution in [0.2, 0.25) is 0 Å². The molecule has 2 heterocycles. The lowest BCUT2D eigenvalue weighted by atomic mass is 10.1. The van der Waals surface area contributed by atoms with Crippen molar-refractivity contribution in [3.63, 3.8) is 0 Å². The van der Waals surface area contributed by atoms with Crippen LogP contribution < -0.4 is 0 Å². The number of fused-ring (bicyclic) bond motifs is 1. The molecule has 0 radical (unpaired) electrons. The van der Waals surface area contributed by atoms with E-state index in [1.807, 2.05) is 18.5 Å². The van der Waals surface area contributed by atoms with Gasteiger partial charge in [-0.15, -0.1) is 11.6 Å². The number of para-hydroxylation sites is 1. The summed E-state index contributed by atoms with van der Waals surface area (Å²) in [6.45, 7) is 5.03. The number of aromatic nitrogens is 3. The molecule has 2 aromatic heterocycles. The van der Waals surface area contributed by atoms with Crippen LogP contribution in [-0.2, 0) is 13.0 Å². The Hall–Kier alpha value is -1.87. The molecule has 3 aromatic rings. The van der Waals surface area contributed by atoms with Crippen LogP contribution in [0.1, 0.15) is 22.5 Å². The van der Waals surface area contributed by atoms with Crippen molar-refractivity contribution in [1.29, 1.82) is 0 Å². The van der Waals surface area contributed by atoms with Crippen molar-refractivity contribution < 1.29 is 0 Å². The lowest BCUT2D eigenvalue weighted by molar-refractivity contribution is 0.747. The number of nitrogens with zero attached hydrogens (tertiary/aromatic N) is 3. The Bertz CT molecular complexity index is 777. The second kappa shape index (κ2) is 5.86. The van der Waals surface area contributed by atoms with Gasteiger partial charge in [0, 0.05) is 24.7 Å². The van der Waals surface area contributed by atoms with Gasteiger partial charge < -0.3 is 4.57 Å². The fourth-order valence-electron chi connectivity index (χ4n) is 2.69. The van der Waals surface area contributed by atoms with E-state index in [4.69, 9.17) is 16.6 Å². The summed E-state index contributed by atoms with van der Waals surface area (Å²) in [5.74, 6) is 1.62. The predicted octanol–water partition coefficient (Wildman–Crippen LogP) is 3.88. The van der Waals surface area contributed by atoms with Crippen molar-refractivity contribution in [2.75, 3.05) is 5.88 Å². The van der Waals surface area contributed by atoms with Crippen LogP contribution in [0, 0.1) is 13.8 Å². The van der Waals surface area contributed by atoms with Crippen molar-refractivity contribution in [3.8, 4) is 0 Å². The molecular formula is C17H18ClN3. The number of imidazole rings is 1. The second-order valence-corrected chi connectivity index (χ2v) is 5.68. The Morgan fingerprint density at radius 2 is 2.00 bits per heavy atom. The lowest BCUT2D eigenvalue weighted by Crippen LogP contribution is -2.08. The van der Waals surface area contributed by atoms with E-state index in [1.165, 1.54) is 22.2 Å². The van der Waals surface area contributed by atoms with Crippen LogP contribution in [-0.4, -0.2) is 20.4 Å². The largest absolute Gasteiger partial charge is 0.323 e. The normalized spacial score (nSPS) is 11.2. The van der Waals surface area contributed by atoms with Crippen LogP contribution in [0.3, 0.4) is 0 Å². The van der Waals surface area contributed by atoms with E-state index in [9.17, 15) is 0 Å². The Kier molecular flexibility index (Phi) is 3.93. The van der Waals surface area contributed by atoms with E-state index in [0.717, 1.165) is 24.3 Å². The van der Waals surface area contributed by atoms with Crippen LogP contribution >= 0.6 is 11.6 Å². The highest BCUT2D eigenvalue weighted by Gasteiger charge is 2.13. The van der Waals surface area contributed by atoms with Gasteiger partial charge in [0.1, 0.15) is 5.82 Å². The van der Waals surface area contributed by atoms with Gasteiger partial charge in [0.15, 0.2) is 0 Å². The summed E-state index contributed by atoms with van der Waals surface area (Å²) in [6.07, 6.45) is 4.54. The first-order chi connectivity index (χ1) is 10.2. The summed E-state index contributed by atoms with van der Waals surface area (Å²) in [6, 6.07) is 8.28. The van der Waals surface area contributed by atoms with Crippen LogP contribution in [0.25, 0.3) is 11.0 Å². The van der Waals surface area contributed by atoms with Crippen molar-refractivity contribution in [3.05, 3.63) is 59.2 Å². The molecule has 21 heavy (non-hydrogen) atoms. The van der Waals surface area contributed by atoms with Crippen LogP contribution in [0.15, 0.2) is 36.7 Å². The molecule has 0 aliphatic rings. The summed E-state index contributed by atoms with van der Waals surface area (Å²) in [4.78, 5) is 8.99. The number of rotatable bonds is 4. The molecule has 0 aliphatic heterocycles. The smallest absolute Gasteiger partial charge is 0.111 e. The van der Waals surface area contributed by atoms with E-state index >= 15 is 0 Å². The maximum Gasteiger partial charge on any atom is 0.111 e. The molecule has 3 rings (SSSR count). The number of aryl methyl sites for hydroxylation is 3. The molecule has 0 bridgehead atoms. The third kappa shape index (κ3) is 2.66. The van der Waals surface area contributed by atoms with E-state index in [-0.39, 0.29) is 0 Å². The highest BCUT2D eigenvalue weighted by atomic mass is 35.5. The molecule has 0 unspecified atom stereocenters. The number of halogens is 1. The van der Waals surface area contributed by atoms with Gasteiger partial charge in [-0.3, -0.25) is 4.98 Å². The second-order valence-electron chi connectivity index (χ2n) is 5.30. The molecule has 0 spiro atoms. The zero-order valence-electron chi connectivity index (χ0n) is 12.3. The summed E-state index contributed by atoms with van der Waals surface area (Å²) in [5, 5.41) is 0. The third-order valence-corrected chi connectivity index (χ3v) is 4.03. The van der Waals surface area contributed by atoms with Crippen molar-refractivity contribution >= 4 is 22.6 Å². The van der Waals surface area contributed by atoms with Crippen molar-refractivity contribution in [2.24, 2.45) is 0 Å². The molecule has 3 nitrogen and oxygen atoms in total. The minimum absolute atomic E-state index is 0.578. The first-order valence-corrected chi connectivity index (χ1v) is 7.64. The molecule has 0 saturated carbocycles. The number of alkyl halides is 1. The molecule has 0 fully saturated rings. The molecule has 0 N–H and O–H groups in total. The summed E-state index contributed by atoms with van der Waals surface area (Å²) in [5.41, 5.74) is 5.94. The molecule has 4 heteroatoms. The Labute approximate surface area is 129 Å². The van der Waals surface area contributed by atoms with Gasteiger partial charge in [0.25, 0.3) is 0 Å². The highest BCUT2D eigenvalue weighted by Crippen LogP contribution is 2.22. The average molecular weight is 300 g/mol. The van der Waals surface area contributed by atoms with E-state index in [1.54, 1.807) is 0 Å². The number of benzene rings is 1. The zero-order chi connectivity index (χ0) is 14.8. The molecule has 0 aliphatic carbocycles. The van der Waals surface area contributed by atoms with Crippen molar-refractivity contribution in [2.45, 2.75) is 26.8 Å². The van der Waals surface area contributed by atoms with Crippen molar-refractivity contribution in [1.82, 2.24) is 14.5 Å². The van der Waals surface area contributed by atoms with Crippen LogP contribution in [0.4, 0.5) is 0 Å². The highest BCUT2D eigenvalue weighted by molar-refractivity contribution is 6.17. The zero-order valence-corrected chi connectivity index (χ0v) is 13.1. The van der Waals surface area contributed by atoms with Gasteiger partial charge in [-0.1, -0.05) is 12.1 Å². The molecular weight excluding hydrogens is 282 g/mol. The maximum absolute atomic E-state index is 5.94. The SMILES string of the molecule is Cc1ccncc1Cn1c(CCCl)nc2cccc(C)c21. The fourth-order valence-corrected chi connectivity index (χ4v) is 2.86. The molecule has 108 valence electrons. The molecule has 0 amide bonds. The minimum Gasteiger partial charge on any atom is -0.323 e. The summed E-state index contributed by atoms with van der Waals surface area (Å²) < 4.78 is 2.27. The topological polar surface area (TPSA) is 30.7 Å². The minimum atomic E-state index is 0.578. The first-order valence-electron chi connectivity index (χ1n) is 7.11. The third-order valence-electron chi connectivity index (χ3n) is 3.84. The monoisotopic (exact) mass is 299 g/mol. The van der Waals surface area contributed by atoms with E-state index in [2.05, 4.69) is 41.6 Å².